The number of amides is 2. The van der Waals surface area contributed by atoms with Gasteiger partial charge in [-0.05, 0) is 55.7 Å². The van der Waals surface area contributed by atoms with E-state index in [0.717, 1.165) is 38.0 Å². The standard InChI is InChI=1S/C25H27ClN4O4/c26-19-5-4-6-20(16-19)27-11-13-28(14-12-27)23(31)17-30-21-15-18(7-8-22(21)34-25(30)33)24(32)29-9-2-1-3-10-29/h4-8,15-16H,1-3,9-14,17H2. The number of nitrogens with zero attached hydrogens (tertiary/aromatic N) is 4. The number of carbonyl (C=O) groups is 2. The number of anilines is 1. The summed E-state index contributed by atoms with van der Waals surface area (Å²) in [5.74, 6) is -0.794. The predicted molar refractivity (Wildman–Crippen MR) is 130 cm³/mol. The fourth-order valence-corrected chi connectivity index (χ4v) is 4.93. The summed E-state index contributed by atoms with van der Waals surface area (Å²) in [6.07, 6.45) is 3.15. The Morgan fingerprint density at radius 1 is 0.882 bits per heavy atom. The molecule has 0 spiro atoms. The number of hydrogen-bond acceptors (Lipinski definition) is 5. The molecule has 8 nitrogen and oxygen atoms in total. The average molecular weight is 483 g/mol. The summed E-state index contributed by atoms with van der Waals surface area (Å²) >= 11 is 6.10. The summed E-state index contributed by atoms with van der Waals surface area (Å²) < 4.78 is 6.67. The number of piperidine rings is 1. The van der Waals surface area contributed by atoms with Crippen LogP contribution in [0.4, 0.5) is 5.69 Å². The normalized spacial score (nSPS) is 16.8. The van der Waals surface area contributed by atoms with Gasteiger partial charge in [-0.15, -0.1) is 0 Å². The molecule has 2 aliphatic heterocycles. The maximum atomic E-state index is 13.0. The highest BCUT2D eigenvalue weighted by Gasteiger charge is 2.24. The Bertz CT molecular complexity index is 1270. The molecule has 2 aromatic carbocycles. The first-order valence-corrected chi connectivity index (χ1v) is 12.1. The van der Waals surface area contributed by atoms with Gasteiger partial charge in [0.1, 0.15) is 6.54 Å². The van der Waals surface area contributed by atoms with E-state index >= 15 is 0 Å². The van der Waals surface area contributed by atoms with Gasteiger partial charge in [-0.1, -0.05) is 17.7 Å². The number of likely N-dealkylation sites (tertiary alicyclic amines) is 1. The highest BCUT2D eigenvalue weighted by molar-refractivity contribution is 6.30. The topological polar surface area (TPSA) is 79.0 Å². The van der Waals surface area contributed by atoms with Gasteiger partial charge >= 0.3 is 5.76 Å². The largest absolute Gasteiger partial charge is 0.420 e. The van der Waals surface area contributed by atoms with Gasteiger partial charge < -0.3 is 19.1 Å². The van der Waals surface area contributed by atoms with Gasteiger partial charge in [-0.2, -0.15) is 0 Å². The molecule has 3 aromatic rings. The van der Waals surface area contributed by atoms with E-state index in [1.165, 1.54) is 4.57 Å². The summed E-state index contributed by atoms with van der Waals surface area (Å²) in [6.45, 7) is 3.83. The Kier molecular flexibility index (Phi) is 6.32. The van der Waals surface area contributed by atoms with Crippen LogP contribution < -0.4 is 10.7 Å². The molecule has 0 unspecified atom stereocenters. The summed E-state index contributed by atoms with van der Waals surface area (Å²) in [7, 11) is 0. The van der Waals surface area contributed by atoms with Gasteiger partial charge in [0.05, 0.1) is 5.52 Å². The van der Waals surface area contributed by atoms with E-state index in [4.69, 9.17) is 16.0 Å². The molecule has 2 fully saturated rings. The molecule has 9 heteroatoms. The van der Waals surface area contributed by atoms with Gasteiger partial charge in [0.25, 0.3) is 5.91 Å². The Morgan fingerprint density at radius 2 is 1.65 bits per heavy atom. The number of hydrogen-bond donors (Lipinski definition) is 0. The number of rotatable bonds is 4. The molecule has 0 N–H and O–H groups in total. The second kappa shape index (κ2) is 9.54. The number of piperazine rings is 1. The third kappa shape index (κ3) is 4.55. The van der Waals surface area contributed by atoms with Crippen molar-refractivity contribution in [3.8, 4) is 0 Å². The fourth-order valence-electron chi connectivity index (χ4n) is 4.75. The monoisotopic (exact) mass is 482 g/mol. The van der Waals surface area contributed by atoms with Crippen molar-refractivity contribution in [1.29, 1.82) is 0 Å². The molecule has 0 bridgehead atoms. The van der Waals surface area contributed by atoms with Crippen LogP contribution in [0.2, 0.25) is 5.02 Å². The fraction of sp³-hybridized carbons (Fsp3) is 0.400. The number of oxazole rings is 1. The highest BCUT2D eigenvalue weighted by atomic mass is 35.5. The summed E-state index contributed by atoms with van der Waals surface area (Å²) in [5, 5.41) is 0.681. The second-order valence-corrected chi connectivity index (χ2v) is 9.27. The molecule has 34 heavy (non-hydrogen) atoms. The lowest BCUT2D eigenvalue weighted by Crippen LogP contribution is -2.50. The number of fused-ring (bicyclic) bond motifs is 1. The average Bonchev–Trinajstić information content (AvgIpc) is 3.18. The van der Waals surface area contributed by atoms with E-state index in [9.17, 15) is 14.4 Å². The van der Waals surface area contributed by atoms with Gasteiger partial charge in [0.2, 0.25) is 5.91 Å². The van der Waals surface area contributed by atoms with E-state index in [2.05, 4.69) is 4.90 Å². The van der Waals surface area contributed by atoms with Gasteiger partial charge in [-0.25, -0.2) is 4.79 Å². The van der Waals surface area contributed by atoms with Crippen LogP contribution in [0.3, 0.4) is 0 Å². The molecule has 2 saturated heterocycles. The van der Waals surface area contributed by atoms with Crippen LogP contribution in [0, 0.1) is 0 Å². The molecule has 0 aliphatic carbocycles. The smallest absolute Gasteiger partial charge is 0.408 e. The molecular weight excluding hydrogens is 456 g/mol. The molecule has 0 radical (unpaired) electrons. The van der Waals surface area contributed by atoms with E-state index < -0.39 is 5.76 Å². The van der Waals surface area contributed by atoms with E-state index in [-0.39, 0.29) is 18.4 Å². The third-order valence-corrected chi connectivity index (χ3v) is 6.89. The molecule has 0 atom stereocenters. The summed E-state index contributed by atoms with van der Waals surface area (Å²) in [6, 6.07) is 12.7. The van der Waals surface area contributed by atoms with Crippen molar-refractivity contribution in [3.05, 3.63) is 63.6 Å². The Labute approximate surface area is 202 Å². The molecule has 3 heterocycles. The SMILES string of the molecule is O=C(Cn1c(=O)oc2ccc(C(=O)N3CCCCC3)cc21)N1CCN(c2cccc(Cl)c2)CC1. The van der Waals surface area contributed by atoms with Gasteiger partial charge in [-0.3, -0.25) is 14.2 Å². The highest BCUT2D eigenvalue weighted by Crippen LogP contribution is 2.22. The third-order valence-electron chi connectivity index (χ3n) is 6.66. The lowest BCUT2D eigenvalue weighted by Gasteiger charge is -2.36. The van der Waals surface area contributed by atoms with Crippen molar-refractivity contribution >= 4 is 40.2 Å². The van der Waals surface area contributed by atoms with Crippen LogP contribution in [0.15, 0.2) is 51.7 Å². The Morgan fingerprint density at radius 3 is 2.38 bits per heavy atom. The van der Waals surface area contributed by atoms with Crippen molar-refractivity contribution < 1.29 is 14.0 Å². The van der Waals surface area contributed by atoms with Crippen LogP contribution in [-0.4, -0.2) is 65.4 Å². The van der Waals surface area contributed by atoms with Crippen molar-refractivity contribution in [1.82, 2.24) is 14.4 Å². The minimum absolute atomic E-state index is 0.0507. The first kappa shape index (κ1) is 22.5. The molecular formula is C25H27ClN4O4. The number of aromatic nitrogens is 1. The number of carbonyl (C=O) groups excluding carboxylic acids is 2. The number of halogens is 1. The second-order valence-electron chi connectivity index (χ2n) is 8.84. The predicted octanol–water partition coefficient (Wildman–Crippen LogP) is 3.22. The molecule has 178 valence electrons. The first-order valence-electron chi connectivity index (χ1n) is 11.7. The summed E-state index contributed by atoms with van der Waals surface area (Å²) in [4.78, 5) is 44.3. The van der Waals surface area contributed by atoms with Crippen molar-refractivity contribution in [2.75, 3.05) is 44.2 Å². The van der Waals surface area contributed by atoms with Crippen molar-refractivity contribution in [2.24, 2.45) is 0 Å². The maximum absolute atomic E-state index is 13.0. The zero-order valence-corrected chi connectivity index (χ0v) is 19.7. The van der Waals surface area contributed by atoms with Crippen LogP contribution in [0.5, 0.6) is 0 Å². The lowest BCUT2D eigenvalue weighted by molar-refractivity contribution is -0.132. The zero-order chi connectivity index (χ0) is 23.7. The van der Waals surface area contributed by atoms with Crippen LogP contribution in [0.25, 0.3) is 11.1 Å². The van der Waals surface area contributed by atoms with Crippen LogP contribution in [-0.2, 0) is 11.3 Å². The lowest BCUT2D eigenvalue weighted by atomic mass is 10.1. The van der Waals surface area contributed by atoms with E-state index in [1.807, 2.05) is 29.2 Å². The Balaban J connectivity index is 1.29. The van der Waals surface area contributed by atoms with E-state index in [0.29, 0.717) is 47.9 Å². The molecule has 0 saturated carbocycles. The molecule has 1 aromatic heterocycles. The maximum Gasteiger partial charge on any atom is 0.420 e. The molecule has 2 amide bonds. The van der Waals surface area contributed by atoms with Crippen molar-refractivity contribution in [2.45, 2.75) is 25.8 Å². The molecule has 5 rings (SSSR count). The van der Waals surface area contributed by atoms with Crippen molar-refractivity contribution in [3.63, 3.8) is 0 Å². The minimum atomic E-state index is -0.594. The quantitative estimate of drug-likeness (QED) is 0.570. The molecule has 2 aliphatic rings. The number of benzene rings is 2. The van der Waals surface area contributed by atoms with Gasteiger partial charge in [0.15, 0.2) is 5.58 Å². The van der Waals surface area contributed by atoms with E-state index in [1.54, 1.807) is 23.1 Å². The van der Waals surface area contributed by atoms with Crippen LogP contribution in [0.1, 0.15) is 29.6 Å². The Hall–Kier alpha value is -3.26. The zero-order valence-electron chi connectivity index (χ0n) is 18.9. The minimum Gasteiger partial charge on any atom is -0.408 e. The van der Waals surface area contributed by atoms with Gasteiger partial charge in [0, 0.05) is 55.5 Å². The van der Waals surface area contributed by atoms with Crippen LogP contribution >= 0.6 is 11.6 Å². The summed E-state index contributed by atoms with van der Waals surface area (Å²) in [5.41, 5.74) is 2.38. The first-order chi connectivity index (χ1) is 16.5.